The summed E-state index contributed by atoms with van der Waals surface area (Å²) >= 11 is 0. The largest absolute Gasteiger partial charge is 0.481 e. The molecule has 11 heteroatoms. The lowest BCUT2D eigenvalue weighted by Gasteiger charge is -2.17. The number of aliphatic carboxylic acids is 1. The minimum absolute atomic E-state index is 0.0364. The van der Waals surface area contributed by atoms with E-state index in [2.05, 4.69) is 30.8 Å². The number of likely N-dealkylation sites (N-methyl/N-ethyl adjacent to an activating group) is 1. The number of hydrogen-bond donors (Lipinski definition) is 2. The zero-order chi connectivity index (χ0) is 33.2. The Bertz CT molecular complexity index is 1070. The number of aromatic nitrogens is 1. The molecule has 0 bridgehead atoms. The van der Waals surface area contributed by atoms with Crippen molar-refractivity contribution in [1.82, 2.24) is 9.88 Å². The Morgan fingerprint density at radius 3 is 1.89 bits per heavy atom. The summed E-state index contributed by atoms with van der Waals surface area (Å²) in [7, 11) is 2.13. The molecule has 11 nitrogen and oxygen atoms in total. The van der Waals surface area contributed by atoms with Crippen molar-refractivity contribution in [1.29, 1.82) is 0 Å². The Hall–Kier alpha value is -2.38. The van der Waals surface area contributed by atoms with Crippen LogP contribution in [0.4, 0.5) is 5.82 Å². The van der Waals surface area contributed by atoms with Gasteiger partial charge in [0.2, 0.25) is 0 Å². The lowest BCUT2D eigenvalue weighted by atomic mass is 9.94. The van der Waals surface area contributed by atoms with Crippen LogP contribution in [-0.4, -0.2) is 120 Å². The maximum atomic E-state index is 12.2. The van der Waals surface area contributed by atoms with E-state index in [-0.39, 0.29) is 13.2 Å². The third-order valence-electron chi connectivity index (χ3n) is 7.63. The molecule has 0 saturated carbocycles. The van der Waals surface area contributed by atoms with Gasteiger partial charge in [0.25, 0.3) is 0 Å². The molecule has 1 heterocycles. The number of rotatable bonds is 30. The van der Waals surface area contributed by atoms with E-state index >= 15 is 0 Å². The van der Waals surface area contributed by atoms with Gasteiger partial charge in [-0.3, -0.25) is 4.79 Å². The smallest absolute Gasteiger partial charge is 0.313 e. The van der Waals surface area contributed by atoms with Gasteiger partial charge in [0.1, 0.15) is 11.7 Å². The van der Waals surface area contributed by atoms with E-state index in [1.54, 1.807) is 0 Å². The molecule has 2 aromatic rings. The van der Waals surface area contributed by atoms with E-state index in [0.29, 0.717) is 76.4 Å². The summed E-state index contributed by atoms with van der Waals surface area (Å²) in [6, 6.07) is 7.49. The number of hydrogen-bond acceptors (Lipinski definition) is 10. The molecule has 46 heavy (non-hydrogen) atoms. The second-order valence-corrected chi connectivity index (χ2v) is 11.4. The predicted molar refractivity (Wildman–Crippen MR) is 182 cm³/mol. The van der Waals surface area contributed by atoms with Crippen LogP contribution in [0.15, 0.2) is 24.3 Å². The highest BCUT2D eigenvalue weighted by Gasteiger charge is 2.23. The minimum atomic E-state index is -0.944. The molecule has 1 atom stereocenters. The van der Waals surface area contributed by atoms with Crippen LogP contribution in [-0.2, 0) is 39.6 Å². The fraction of sp³-hybridized carbons (Fsp3) is 0.714. The van der Waals surface area contributed by atoms with E-state index in [0.717, 1.165) is 56.3 Å². The van der Waals surface area contributed by atoms with Gasteiger partial charge in [-0.2, -0.15) is 0 Å². The second-order valence-electron chi connectivity index (χ2n) is 11.4. The summed E-state index contributed by atoms with van der Waals surface area (Å²) < 4.78 is 33.5. The van der Waals surface area contributed by atoms with E-state index in [1.165, 1.54) is 19.3 Å². The van der Waals surface area contributed by atoms with Crippen molar-refractivity contribution in [2.24, 2.45) is 0 Å². The van der Waals surface area contributed by atoms with E-state index in [1.807, 2.05) is 24.3 Å². The number of ether oxygens (including phenoxy) is 6. The molecule has 1 aromatic carbocycles. The van der Waals surface area contributed by atoms with Crippen molar-refractivity contribution in [3.05, 3.63) is 35.4 Å². The van der Waals surface area contributed by atoms with Crippen molar-refractivity contribution < 1.29 is 38.3 Å². The Morgan fingerprint density at radius 2 is 1.33 bits per heavy atom. The molecular weight excluding hydrogens is 590 g/mol. The first-order valence-corrected chi connectivity index (χ1v) is 17.0. The first-order chi connectivity index (χ1) is 22.5. The van der Waals surface area contributed by atoms with Gasteiger partial charge < -0.3 is 44.2 Å². The fourth-order valence-electron chi connectivity index (χ4n) is 4.90. The average molecular weight is 650 g/mol. The summed E-state index contributed by atoms with van der Waals surface area (Å²) in [6.45, 7) is 11.8. The van der Waals surface area contributed by atoms with Gasteiger partial charge in [0.15, 0.2) is 0 Å². The maximum Gasteiger partial charge on any atom is 0.313 e. The van der Waals surface area contributed by atoms with Gasteiger partial charge in [0.05, 0.1) is 84.8 Å². The third-order valence-corrected chi connectivity index (χ3v) is 7.63. The van der Waals surface area contributed by atoms with E-state index in [4.69, 9.17) is 34.2 Å². The molecule has 0 spiro atoms. The first-order valence-electron chi connectivity index (χ1n) is 17.0. The highest BCUT2D eigenvalue weighted by atomic mass is 16.6. The van der Waals surface area contributed by atoms with Crippen molar-refractivity contribution in [3.63, 3.8) is 0 Å². The first kappa shape index (κ1) is 39.8. The van der Waals surface area contributed by atoms with Crippen LogP contribution < -0.4 is 5.73 Å². The fourth-order valence-corrected chi connectivity index (χ4v) is 4.90. The number of unbranched alkanes of at least 4 members (excludes halogenated alkanes) is 4. The monoisotopic (exact) mass is 649 g/mol. The van der Waals surface area contributed by atoms with Gasteiger partial charge in [0, 0.05) is 11.9 Å². The quantitative estimate of drug-likeness (QED) is 0.111. The van der Waals surface area contributed by atoms with E-state index < -0.39 is 11.9 Å². The predicted octanol–water partition coefficient (Wildman–Crippen LogP) is 4.94. The normalized spacial score (nSPS) is 12.3. The van der Waals surface area contributed by atoms with Crippen LogP contribution in [0.25, 0.3) is 10.9 Å². The Balaban J connectivity index is 1.49. The molecule has 0 aliphatic rings. The minimum Gasteiger partial charge on any atom is -0.481 e. The van der Waals surface area contributed by atoms with Crippen LogP contribution >= 0.6 is 0 Å². The topological polar surface area (TPSA) is 135 Å². The molecule has 3 N–H and O–H groups in total. The van der Waals surface area contributed by atoms with Crippen molar-refractivity contribution in [2.45, 2.75) is 64.7 Å². The molecule has 0 saturated heterocycles. The summed E-state index contributed by atoms with van der Waals surface area (Å²) in [5.74, 6) is -1.26. The molecule has 0 aliphatic heterocycles. The molecular formula is C35H59N3O8. The summed E-state index contributed by atoms with van der Waals surface area (Å²) in [4.78, 5) is 19.0. The number of aryl methyl sites for hydroxylation is 1. The Kier molecular flexibility index (Phi) is 22.2. The van der Waals surface area contributed by atoms with Crippen LogP contribution in [0, 0.1) is 0 Å². The van der Waals surface area contributed by atoms with Crippen LogP contribution in [0.1, 0.15) is 69.4 Å². The lowest BCUT2D eigenvalue weighted by Crippen LogP contribution is -2.25. The standard InChI is InChI=1S/C35H59N3O8/c1-4-6-8-11-29-27-31-30(12-10-13-33(31)37-34(29)36)32(35(39)40)28-46-26-25-45-24-23-44-22-21-43-20-19-42-18-17-41-16-15-38(3)14-9-7-5-2/h10,12-13,27,32H,4-9,11,14-26,28H2,1-3H3,(H2,36,37)(H,39,40). The highest BCUT2D eigenvalue weighted by Crippen LogP contribution is 2.29. The number of nitrogens with two attached hydrogens (primary N) is 1. The molecule has 262 valence electrons. The van der Waals surface area contributed by atoms with E-state index in [9.17, 15) is 9.90 Å². The molecule has 0 aliphatic carbocycles. The number of nitrogens with zero attached hydrogens (tertiary/aromatic N) is 2. The number of anilines is 1. The highest BCUT2D eigenvalue weighted by molar-refractivity contribution is 5.90. The zero-order valence-electron chi connectivity index (χ0n) is 28.5. The van der Waals surface area contributed by atoms with Gasteiger partial charge >= 0.3 is 5.97 Å². The summed E-state index contributed by atoms with van der Waals surface area (Å²) in [5.41, 5.74) is 8.52. The van der Waals surface area contributed by atoms with Crippen molar-refractivity contribution in [3.8, 4) is 0 Å². The SMILES string of the molecule is CCCCCc1cc2c(C(COCCOCCOCCOCCOCCOCCN(C)CCCCC)C(=O)O)cccc2nc1N. The third kappa shape index (κ3) is 17.0. The van der Waals surface area contributed by atoms with Gasteiger partial charge in [-0.15, -0.1) is 0 Å². The number of benzene rings is 1. The van der Waals surface area contributed by atoms with Gasteiger partial charge in [-0.1, -0.05) is 51.7 Å². The van der Waals surface area contributed by atoms with Crippen molar-refractivity contribution >= 4 is 22.7 Å². The number of carboxylic acid groups (broad SMARTS) is 1. The Morgan fingerprint density at radius 1 is 0.783 bits per heavy atom. The zero-order valence-corrected chi connectivity index (χ0v) is 28.5. The molecule has 0 amide bonds. The summed E-state index contributed by atoms with van der Waals surface area (Å²) in [6.07, 6.45) is 7.83. The van der Waals surface area contributed by atoms with Gasteiger partial charge in [-0.25, -0.2) is 4.98 Å². The average Bonchev–Trinajstić information content (AvgIpc) is 3.04. The van der Waals surface area contributed by atoms with Crippen molar-refractivity contribution in [2.75, 3.05) is 105 Å². The maximum absolute atomic E-state index is 12.2. The number of nitrogen functional groups attached to an aromatic ring is 1. The van der Waals surface area contributed by atoms with Crippen LogP contribution in [0.3, 0.4) is 0 Å². The lowest BCUT2D eigenvalue weighted by molar-refractivity contribution is -0.140. The number of fused-ring (bicyclic) bond motifs is 1. The second kappa shape index (κ2) is 25.7. The molecule has 1 aromatic heterocycles. The molecule has 0 fully saturated rings. The van der Waals surface area contributed by atoms with Gasteiger partial charge in [-0.05, 0) is 56.1 Å². The molecule has 2 rings (SSSR count). The summed E-state index contributed by atoms with van der Waals surface area (Å²) in [5, 5.41) is 10.8. The van der Waals surface area contributed by atoms with Crippen LogP contribution in [0.5, 0.6) is 0 Å². The number of pyridine rings is 1. The number of carboxylic acids is 1. The van der Waals surface area contributed by atoms with Crippen LogP contribution in [0.2, 0.25) is 0 Å². The molecule has 0 radical (unpaired) electrons. The Labute approximate surface area is 276 Å². The molecule has 1 unspecified atom stereocenters. The number of carbonyl (C=O) groups is 1.